The molecule has 0 aliphatic heterocycles. The van der Waals surface area contributed by atoms with Crippen molar-refractivity contribution in [2.45, 2.75) is 52.5 Å². The topological polar surface area (TPSA) is 52.2 Å². The Bertz CT molecular complexity index is 1320. The van der Waals surface area contributed by atoms with E-state index in [0.29, 0.717) is 22.2 Å². The van der Waals surface area contributed by atoms with Crippen molar-refractivity contribution in [1.82, 2.24) is 19.2 Å². The van der Waals surface area contributed by atoms with Crippen LogP contribution in [0.25, 0.3) is 27.7 Å². The number of benzene rings is 1. The van der Waals surface area contributed by atoms with Crippen LogP contribution >= 0.6 is 11.6 Å². The summed E-state index contributed by atoms with van der Waals surface area (Å²) in [5, 5.41) is 6.16. The summed E-state index contributed by atoms with van der Waals surface area (Å²) in [5.41, 5.74) is 4.59. The van der Waals surface area contributed by atoms with E-state index in [1.807, 2.05) is 45.6 Å². The van der Waals surface area contributed by atoms with Crippen LogP contribution in [0.2, 0.25) is 5.02 Å². The molecule has 5 rings (SSSR count). The van der Waals surface area contributed by atoms with Crippen LogP contribution in [0.15, 0.2) is 47.5 Å². The largest absolute Gasteiger partial charge is 0.311 e. The van der Waals surface area contributed by atoms with Gasteiger partial charge in [0.2, 0.25) is 0 Å². The first-order valence-electron chi connectivity index (χ1n) is 11.2. The van der Waals surface area contributed by atoms with Crippen molar-refractivity contribution in [3.05, 3.63) is 63.8 Å². The zero-order valence-electron chi connectivity index (χ0n) is 18.2. The standard InChI is InChI=1S/C25H27ClN4O/c1-4-20-23(17-8-10-18(26)11-9-17)24-27-14-19-22(30(24)28-20)12-13-29(25(19)31)21-7-5-6-15(2)16(21)3/h8-16,21H,4-7H2,1-3H3/t15-,16+,21+/m0/s1. The van der Waals surface area contributed by atoms with Gasteiger partial charge in [-0.2, -0.15) is 5.10 Å². The molecule has 0 bridgehead atoms. The highest BCUT2D eigenvalue weighted by Gasteiger charge is 2.29. The van der Waals surface area contributed by atoms with Gasteiger partial charge in [0.15, 0.2) is 5.65 Å². The minimum atomic E-state index is 0.0273. The zero-order chi connectivity index (χ0) is 21.7. The number of aryl methyl sites for hydroxylation is 1. The molecule has 0 amide bonds. The molecule has 160 valence electrons. The van der Waals surface area contributed by atoms with E-state index in [9.17, 15) is 4.79 Å². The monoisotopic (exact) mass is 434 g/mol. The number of hydrogen-bond donors (Lipinski definition) is 0. The van der Waals surface area contributed by atoms with E-state index in [2.05, 4.69) is 20.8 Å². The van der Waals surface area contributed by atoms with E-state index in [0.717, 1.165) is 40.8 Å². The molecule has 1 aromatic carbocycles. The van der Waals surface area contributed by atoms with Gasteiger partial charge < -0.3 is 4.57 Å². The quantitative estimate of drug-likeness (QED) is 0.402. The van der Waals surface area contributed by atoms with Crippen molar-refractivity contribution in [1.29, 1.82) is 0 Å². The molecule has 5 nitrogen and oxygen atoms in total. The van der Waals surface area contributed by atoms with Gasteiger partial charge in [0.05, 0.1) is 16.6 Å². The second kappa shape index (κ2) is 7.79. The molecule has 0 N–H and O–H groups in total. The molecule has 0 saturated heterocycles. The van der Waals surface area contributed by atoms with Crippen LogP contribution in [-0.4, -0.2) is 19.2 Å². The van der Waals surface area contributed by atoms with Gasteiger partial charge in [-0.3, -0.25) is 4.79 Å². The van der Waals surface area contributed by atoms with Crippen LogP contribution in [0.3, 0.4) is 0 Å². The van der Waals surface area contributed by atoms with Crippen molar-refractivity contribution in [2.24, 2.45) is 11.8 Å². The third-order valence-electron chi connectivity index (χ3n) is 7.10. The zero-order valence-corrected chi connectivity index (χ0v) is 18.9. The van der Waals surface area contributed by atoms with E-state index >= 15 is 0 Å². The van der Waals surface area contributed by atoms with Crippen LogP contribution < -0.4 is 5.56 Å². The summed E-state index contributed by atoms with van der Waals surface area (Å²) >= 11 is 6.09. The molecule has 31 heavy (non-hydrogen) atoms. The van der Waals surface area contributed by atoms with Crippen molar-refractivity contribution < 1.29 is 0 Å². The number of hydrogen-bond acceptors (Lipinski definition) is 3. The Kier molecular flexibility index (Phi) is 5.09. The summed E-state index contributed by atoms with van der Waals surface area (Å²) in [4.78, 5) is 18.2. The first-order chi connectivity index (χ1) is 15.0. The molecule has 1 aliphatic rings. The van der Waals surface area contributed by atoms with E-state index in [1.165, 1.54) is 12.8 Å². The number of pyridine rings is 1. The minimum absolute atomic E-state index is 0.0273. The molecular formula is C25H27ClN4O. The Morgan fingerprint density at radius 2 is 1.90 bits per heavy atom. The number of nitrogens with zero attached hydrogens (tertiary/aromatic N) is 4. The molecular weight excluding hydrogens is 408 g/mol. The van der Waals surface area contributed by atoms with Gasteiger partial charge in [0.25, 0.3) is 5.56 Å². The molecule has 4 aromatic rings. The van der Waals surface area contributed by atoms with E-state index < -0.39 is 0 Å². The molecule has 3 heterocycles. The third-order valence-corrected chi connectivity index (χ3v) is 7.35. The van der Waals surface area contributed by atoms with E-state index in [4.69, 9.17) is 21.7 Å². The number of halogens is 1. The normalized spacial score (nSPS) is 21.7. The van der Waals surface area contributed by atoms with Crippen LogP contribution in [0.1, 0.15) is 51.8 Å². The molecule has 0 spiro atoms. The fourth-order valence-corrected chi connectivity index (χ4v) is 5.22. The Labute approximate surface area is 186 Å². The minimum Gasteiger partial charge on any atom is -0.311 e. The average Bonchev–Trinajstić information content (AvgIpc) is 3.16. The smallest absolute Gasteiger partial charge is 0.261 e. The predicted octanol–water partition coefficient (Wildman–Crippen LogP) is 5.92. The van der Waals surface area contributed by atoms with Crippen molar-refractivity contribution in [2.75, 3.05) is 0 Å². The maximum atomic E-state index is 13.5. The third kappa shape index (κ3) is 3.26. The Morgan fingerprint density at radius 1 is 1.13 bits per heavy atom. The van der Waals surface area contributed by atoms with Crippen molar-refractivity contribution in [3.63, 3.8) is 0 Å². The Hall–Kier alpha value is -2.66. The van der Waals surface area contributed by atoms with Crippen molar-refractivity contribution >= 4 is 28.2 Å². The van der Waals surface area contributed by atoms with Gasteiger partial charge in [-0.1, -0.05) is 57.3 Å². The number of rotatable bonds is 3. The van der Waals surface area contributed by atoms with Crippen LogP contribution in [-0.2, 0) is 6.42 Å². The first-order valence-corrected chi connectivity index (χ1v) is 11.5. The molecule has 3 aromatic heterocycles. The molecule has 0 radical (unpaired) electrons. The maximum Gasteiger partial charge on any atom is 0.261 e. The van der Waals surface area contributed by atoms with E-state index in [-0.39, 0.29) is 11.6 Å². The summed E-state index contributed by atoms with van der Waals surface area (Å²) in [6.07, 6.45) is 7.91. The van der Waals surface area contributed by atoms with Crippen LogP contribution in [0.5, 0.6) is 0 Å². The highest BCUT2D eigenvalue weighted by molar-refractivity contribution is 6.30. The molecule has 6 heteroatoms. The highest BCUT2D eigenvalue weighted by Crippen LogP contribution is 2.37. The van der Waals surface area contributed by atoms with Crippen LogP contribution in [0.4, 0.5) is 0 Å². The summed E-state index contributed by atoms with van der Waals surface area (Å²) in [7, 11) is 0. The van der Waals surface area contributed by atoms with Gasteiger partial charge in [0, 0.05) is 29.0 Å². The SMILES string of the molecule is CCc1nn2c(ncc3c(=O)n([C@@H]4CCC[C@H](C)[C@H]4C)ccc32)c1-c1ccc(Cl)cc1. The molecule has 3 atom stereocenters. The Morgan fingerprint density at radius 3 is 2.65 bits per heavy atom. The summed E-state index contributed by atoms with van der Waals surface area (Å²) in [5.74, 6) is 1.11. The molecule has 1 aliphatic carbocycles. The van der Waals surface area contributed by atoms with E-state index in [1.54, 1.807) is 6.20 Å². The van der Waals surface area contributed by atoms with Gasteiger partial charge in [0.1, 0.15) is 0 Å². The van der Waals surface area contributed by atoms with Gasteiger partial charge in [-0.05, 0) is 48.4 Å². The molecule has 1 saturated carbocycles. The van der Waals surface area contributed by atoms with Gasteiger partial charge >= 0.3 is 0 Å². The maximum absolute atomic E-state index is 13.5. The lowest BCUT2D eigenvalue weighted by atomic mass is 9.78. The second-order valence-electron chi connectivity index (χ2n) is 8.84. The second-order valence-corrected chi connectivity index (χ2v) is 9.27. The number of fused-ring (bicyclic) bond motifs is 3. The lowest BCUT2D eigenvalue weighted by Gasteiger charge is -2.35. The highest BCUT2D eigenvalue weighted by atomic mass is 35.5. The summed E-state index contributed by atoms with van der Waals surface area (Å²) in [6, 6.07) is 10.0. The van der Waals surface area contributed by atoms with Gasteiger partial charge in [-0.15, -0.1) is 0 Å². The van der Waals surface area contributed by atoms with Gasteiger partial charge in [-0.25, -0.2) is 9.50 Å². The predicted molar refractivity (Wildman–Crippen MR) is 126 cm³/mol. The fraction of sp³-hybridized carbons (Fsp3) is 0.400. The number of aromatic nitrogens is 4. The summed E-state index contributed by atoms with van der Waals surface area (Å²) in [6.45, 7) is 6.65. The summed E-state index contributed by atoms with van der Waals surface area (Å²) < 4.78 is 3.76. The van der Waals surface area contributed by atoms with Crippen molar-refractivity contribution in [3.8, 4) is 11.1 Å². The Balaban J connectivity index is 1.70. The average molecular weight is 435 g/mol. The fourth-order valence-electron chi connectivity index (χ4n) is 5.10. The lowest BCUT2D eigenvalue weighted by Crippen LogP contribution is -2.33. The first kappa shape index (κ1) is 20.3. The lowest BCUT2D eigenvalue weighted by molar-refractivity contribution is 0.183. The molecule has 1 fully saturated rings. The van der Waals surface area contributed by atoms with Crippen LogP contribution in [0, 0.1) is 11.8 Å². The molecule has 0 unspecified atom stereocenters.